The van der Waals surface area contributed by atoms with Crippen LogP contribution in [0.3, 0.4) is 0 Å². The van der Waals surface area contributed by atoms with Crippen LogP contribution >= 0.6 is 28.3 Å². The van der Waals surface area contributed by atoms with Crippen LogP contribution in [0.4, 0.5) is 5.69 Å². The zero-order valence-corrected chi connectivity index (χ0v) is 20.0. The maximum Gasteiger partial charge on any atom is 0.245 e. The topological polar surface area (TPSA) is 60.9 Å². The maximum atomic E-state index is 13.5. The lowest BCUT2D eigenvalue weighted by Crippen LogP contribution is -2.48. The molecule has 1 aromatic carbocycles. The number of rotatable bonds is 3. The van der Waals surface area contributed by atoms with E-state index in [1.807, 2.05) is 6.07 Å². The summed E-state index contributed by atoms with van der Waals surface area (Å²) in [6, 6.07) is 4.08. The molecule has 6 nitrogen and oxygen atoms in total. The third-order valence-corrected chi connectivity index (χ3v) is 8.69. The van der Waals surface area contributed by atoms with Crippen molar-refractivity contribution in [2.75, 3.05) is 37.6 Å². The molecule has 0 unspecified atom stereocenters. The number of fused-ring (bicyclic) bond motifs is 1. The van der Waals surface area contributed by atoms with E-state index in [9.17, 15) is 13.2 Å². The molecule has 2 saturated heterocycles. The van der Waals surface area contributed by atoms with Gasteiger partial charge in [-0.1, -0.05) is 22.4 Å². The van der Waals surface area contributed by atoms with E-state index in [4.69, 9.17) is 0 Å². The zero-order chi connectivity index (χ0) is 19.9. The Morgan fingerprint density at radius 3 is 2.31 bits per heavy atom. The van der Waals surface area contributed by atoms with Gasteiger partial charge in [0.15, 0.2) is 0 Å². The second-order valence-corrected chi connectivity index (χ2v) is 10.9. The van der Waals surface area contributed by atoms with E-state index in [1.165, 1.54) is 26.2 Å². The average molecular weight is 507 g/mol. The summed E-state index contributed by atoms with van der Waals surface area (Å²) in [6.07, 6.45) is 6.27. The second-order valence-electron chi connectivity index (χ2n) is 8.06. The molecule has 2 fully saturated rings. The summed E-state index contributed by atoms with van der Waals surface area (Å²) in [4.78, 5) is 16.5. The van der Waals surface area contributed by atoms with Gasteiger partial charge in [-0.25, -0.2) is 8.42 Å². The number of piperidine rings is 2. The van der Waals surface area contributed by atoms with Gasteiger partial charge in [-0.2, -0.15) is 4.31 Å². The molecule has 1 aromatic rings. The van der Waals surface area contributed by atoms with Crippen molar-refractivity contribution in [3.05, 3.63) is 22.2 Å². The first-order valence-electron chi connectivity index (χ1n) is 10.2. The Bertz CT molecular complexity index is 866. The van der Waals surface area contributed by atoms with Crippen molar-refractivity contribution in [1.82, 2.24) is 9.21 Å². The van der Waals surface area contributed by atoms with Gasteiger partial charge < -0.3 is 9.80 Å². The number of halogens is 2. The number of benzene rings is 1. The van der Waals surface area contributed by atoms with E-state index in [0.29, 0.717) is 37.8 Å². The number of hydrogen-bond donors (Lipinski definition) is 0. The fourth-order valence-corrected chi connectivity index (χ4v) is 7.24. The molecule has 0 N–H and O–H groups in total. The molecule has 0 saturated carbocycles. The lowest BCUT2D eigenvalue weighted by atomic mass is 10.0. The van der Waals surface area contributed by atoms with Crippen LogP contribution in [-0.4, -0.2) is 62.3 Å². The second kappa shape index (κ2) is 9.22. The van der Waals surface area contributed by atoms with Crippen LogP contribution < -0.4 is 4.90 Å². The predicted molar refractivity (Wildman–Crippen MR) is 120 cm³/mol. The highest BCUT2D eigenvalue weighted by Gasteiger charge is 2.37. The Labute approximate surface area is 188 Å². The van der Waals surface area contributed by atoms with Gasteiger partial charge in [0.2, 0.25) is 15.9 Å². The molecule has 1 amide bonds. The smallest absolute Gasteiger partial charge is 0.245 e. The summed E-state index contributed by atoms with van der Waals surface area (Å²) in [5, 5.41) is 0. The van der Waals surface area contributed by atoms with Crippen LogP contribution in [0.5, 0.6) is 0 Å². The largest absolute Gasteiger partial charge is 0.311 e. The first-order valence-corrected chi connectivity index (χ1v) is 12.5. The van der Waals surface area contributed by atoms with Gasteiger partial charge in [0, 0.05) is 37.1 Å². The molecule has 162 valence electrons. The minimum atomic E-state index is -3.64. The summed E-state index contributed by atoms with van der Waals surface area (Å²) in [5.41, 5.74) is 1.50. The first-order chi connectivity index (χ1) is 13.4. The van der Waals surface area contributed by atoms with E-state index in [1.54, 1.807) is 15.3 Å². The lowest BCUT2D eigenvalue weighted by molar-refractivity contribution is -0.116. The predicted octanol–water partition coefficient (Wildman–Crippen LogP) is 3.42. The fraction of sp³-hybridized carbons (Fsp3) is 0.650. The van der Waals surface area contributed by atoms with Gasteiger partial charge in [-0.15, -0.1) is 12.4 Å². The van der Waals surface area contributed by atoms with Gasteiger partial charge in [0.05, 0.1) is 5.69 Å². The number of hydrogen-bond acceptors (Lipinski definition) is 4. The third kappa shape index (κ3) is 4.51. The Morgan fingerprint density at radius 1 is 1.03 bits per heavy atom. The molecule has 0 radical (unpaired) electrons. The highest BCUT2D eigenvalue weighted by atomic mass is 79.9. The van der Waals surface area contributed by atoms with Gasteiger partial charge in [-0.05, 0) is 62.9 Å². The van der Waals surface area contributed by atoms with Crippen LogP contribution in [0, 0.1) is 0 Å². The summed E-state index contributed by atoms with van der Waals surface area (Å²) in [6.45, 7) is 5.42. The van der Waals surface area contributed by atoms with E-state index in [0.717, 1.165) is 36.0 Å². The molecule has 3 aliphatic heterocycles. The lowest BCUT2D eigenvalue weighted by Gasteiger charge is -2.40. The Morgan fingerprint density at radius 2 is 1.69 bits per heavy atom. The molecule has 4 rings (SSSR count). The van der Waals surface area contributed by atoms with E-state index < -0.39 is 10.0 Å². The van der Waals surface area contributed by atoms with Crippen molar-refractivity contribution in [3.63, 3.8) is 0 Å². The van der Waals surface area contributed by atoms with Crippen molar-refractivity contribution >= 4 is 50.0 Å². The van der Waals surface area contributed by atoms with Crippen LogP contribution in [0.25, 0.3) is 0 Å². The zero-order valence-electron chi connectivity index (χ0n) is 16.8. The Balaban J connectivity index is 0.00000240. The molecule has 0 bridgehead atoms. The van der Waals surface area contributed by atoms with Crippen molar-refractivity contribution in [2.45, 2.75) is 56.4 Å². The van der Waals surface area contributed by atoms with Crippen molar-refractivity contribution < 1.29 is 13.2 Å². The normalized spacial score (nSPS) is 21.7. The monoisotopic (exact) mass is 505 g/mol. The van der Waals surface area contributed by atoms with Gasteiger partial charge >= 0.3 is 0 Å². The summed E-state index contributed by atoms with van der Waals surface area (Å²) in [7, 11) is -3.64. The quantitative estimate of drug-likeness (QED) is 0.630. The fourth-order valence-electron chi connectivity index (χ4n) is 4.85. The van der Waals surface area contributed by atoms with Gasteiger partial charge in [-0.3, -0.25) is 4.79 Å². The van der Waals surface area contributed by atoms with Crippen LogP contribution in [0.2, 0.25) is 0 Å². The molecule has 0 aliphatic carbocycles. The van der Waals surface area contributed by atoms with Crippen molar-refractivity contribution in [2.24, 2.45) is 0 Å². The number of anilines is 1. The number of amides is 1. The molecule has 9 heteroatoms. The van der Waals surface area contributed by atoms with Crippen molar-refractivity contribution in [1.29, 1.82) is 0 Å². The highest BCUT2D eigenvalue weighted by Crippen LogP contribution is 2.39. The summed E-state index contributed by atoms with van der Waals surface area (Å²) < 4.78 is 29.4. The van der Waals surface area contributed by atoms with Gasteiger partial charge in [0.1, 0.15) is 4.90 Å². The number of carbonyl (C=O) groups is 1. The summed E-state index contributed by atoms with van der Waals surface area (Å²) >= 11 is 3.46. The first kappa shape index (κ1) is 23.0. The highest BCUT2D eigenvalue weighted by molar-refractivity contribution is 9.10. The minimum absolute atomic E-state index is 0. The van der Waals surface area contributed by atoms with Crippen LogP contribution in [0.1, 0.15) is 44.6 Å². The minimum Gasteiger partial charge on any atom is -0.311 e. The van der Waals surface area contributed by atoms with E-state index >= 15 is 0 Å². The van der Waals surface area contributed by atoms with Crippen LogP contribution in [0.15, 0.2) is 21.5 Å². The maximum absolute atomic E-state index is 13.5. The van der Waals surface area contributed by atoms with Crippen molar-refractivity contribution in [3.8, 4) is 0 Å². The molecular weight excluding hydrogens is 478 g/mol. The van der Waals surface area contributed by atoms with Gasteiger partial charge in [0.25, 0.3) is 0 Å². The number of carbonyl (C=O) groups excluding carboxylic acids is 1. The molecule has 3 aliphatic rings. The van der Waals surface area contributed by atoms with E-state index in [2.05, 4.69) is 20.8 Å². The molecule has 0 aromatic heterocycles. The van der Waals surface area contributed by atoms with Crippen LogP contribution in [-0.2, 0) is 21.2 Å². The molecule has 0 spiro atoms. The molecular formula is C20H29BrClN3O3S. The standard InChI is InChI=1S/C20H28BrN3O3S.ClH/c1-15(25)24-12-5-16-13-17(21)14-19(20(16)24)28(26,27)23-10-6-18(7-11-23)22-8-3-2-4-9-22;/h13-14,18H,2-12H2,1H3;1H. The molecule has 0 atom stereocenters. The molecule has 3 heterocycles. The van der Waals surface area contributed by atoms with E-state index in [-0.39, 0.29) is 23.2 Å². The number of sulfonamides is 1. The average Bonchev–Trinajstić information content (AvgIpc) is 3.12. The Hall–Kier alpha value is -0.670. The molecule has 29 heavy (non-hydrogen) atoms. The number of likely N-dealkylation sites (tertiary alicyclic amines) is 1. The third-order valence-electron chi connectivity index (χ3n) is 6.32. The number of nitrogens with zero attached hydrogens (tertiary/aromatic N) is 3. The SMILES string of the molecule is CC(=O)N1CCc2cc(Br)cc(S(=O)(=O)N3CCC(N4CCCCC4)CC3)c21.Cl. The Kier molecular flexibility index (Phi) is 7.31. The summed E-state index contributed by atoms with van der Waals surface area (Å²) in [5.74, 6) is -0.110.